The Labute approximate surface area is 119 Å². The molecule has 1 aromatic carbocycles. The van der Waals surface area contributed by atoms with Crippen LogP contribution < -0.4 is 20.1 Å². The minimum Gasteiger partial charge on any atom is -0.497 e. The molecule has 0 radical (unpaired) electrons. The zero-order chi connectivity index (χ0) is 14.4. The summed E-state index contributed by atoms with van der Waals surface area (Å²) in [7, 11) is 3.18. The predicted molar refractivity (Wildman–Crippen MR) is 78.4 cm³/mol. The van der Waals surface area contributed by atoms with Crippen molar-refractivity contribution in [1.29, 1.82) is 0 Å². The molecule has 1 aromatic rings. The first-order valence-corrected chi connectivity index (χ1v) is 6.95. The molecular formula is C15H22N2O3. The van der Waals surface area contributed by atoms with Gasteiger partial charge in [0.25, 0.3) is 0 Å². The van der Waals surface area contributed by atoms with Crippen LogP contribution in [0.5, 0.6) is 11.5 Å². The third kappa shape index (κ3) is 4.13. The molecule has 2 rings (SSSR count). The van der Waals surface area contributed by atoms with Crippen LogP contribution in [-0.2, 0) is 4.79 Å². The van der Waals surface area contributed by atoms with E-state index in [9.17, 15) is 4.79 Å². The van der Waals surface area contributed by atoms with E-state index in [0.717, 1.165) is 19.5 Å². The molecule has 110 valence electrons. The maximum absolute atomic E-state index is 12.0. The average Bonchev–Trinajstić information content (AvgIpc) is 2.98. The van der Waals surface area contributed by atoms with Crippen LogP contribution in [0.2, 0.25) is 0 Å². The van der Waals surface area contributed by atoms with Gasteiger partial charge in [-0.25, -0.2) is 0 Å². The molecule has 2 N–H and O–H groups in total. The van der Waals surface area contributed by atoms with Gasteiger partial charge in [-0.3, -0.25) is 4.79 Å². The lowest BCUT2D eigenvalue weighted by Crippen LogP contribution is -2.15. The molecule has 5 nitrogen and oxygen atoms in total. The van der Waals surface area contributed by atoms with Crippen LogP contribution >= 0.6 is 0 Å². The largest absolute Gasteiger partial charge is 0.497 e. The summed E-state index contributed by atoms with van der Waals surface area (Å²) >= 11 is 0. The number of carbonyl (C=O) groups excluding carboxylic acids is 1. The number of hydrogen-bond acceptors (Lipinski definition) is 4. The lowest BCUT2D eigenvalue weighted by Gasteiger charge is -2.11. The third-order valence-corrected chi connectivity index (χ3v) is 3.58. The molecule has 0 bridgehead atoms. The minimum absolute atomic E-state index is 0.0345. The van der Waals surface area contributed by atoms with Gasteiger partial charge in [-0.2, -0.15) is 0 Å². The normalized spacial score (nSPS) is 17.8. The van der Waals surface area contributed by atoms with Crippen LogP contribution in [0.25, 0.3) is 0 Å². The van der Waals surface area contributed by atoms with Gasteiger partial charge in [0, 0.05) is 30.3 Å². The van der Waals surface area contributed by atoms with Crippen molar-refractivity contribution < 1.29 is 14.3 Å². The van der Waals surface area contributed by atoms with Crippen molar-refractivity contribution >= 4 is 11.6 Å². The molecule has 1 amide bonds. The van der Waals surface area contributed by atoms with E-state index >= 15 is 0 Å². The van der Waals surface area contributed by atoms with Crippen molar-refractivity contribution in [2.24, 2.45) is 5.92 Å². The van der Waals surface area contributed by atoms with Gasteiger partial charge in [-0.05, 0) is 31.8 Å². The fraction of sp³-hybridized carbons (Fsp3) is 0.533. The summed E-state index contributed by atoms with van der Waals surface area (Å²) in [5, 5.41) is 6.21. The van der Waals surface area contributed by atoms with E-state index in [1.165, 1.54) is 6.42 Å². The molecule has 0 aromatic heterocycles. The fourth-order valence-corrected chi connectivity index (χ4v) is 2.40. The Balaban J connectivity index is 1.89. The van der Waals surface area contributed by atoms with Crippen LogP contribution in [0.1, 0.15) is 19.3 Å². The van der Waals surface area contributed by atoms with E-state index in [4.69, 9.17) is 9.47 Å². The zero-order valence-electron chi connectivity index (χ0n) is 12.1. The highest BCUT2D eigenvalue weighted by Crippen LogP contribution is 2.26. The topological polar surface area (TPSA) is 59.6 Å². The molecule has 1 unspecified atom stereocenters. The lowest BCUT2D eigenvalue weighted by molar-refractivity contribution is -0.116. The molecule has 0 aliphatic carbocycles. The number of hydrogen-bond donors (Lipinski definition) is 2. The number of rotatable bonds is 6. The second kappa shape index (κ2) is 7.14. The van der Waals surface area contributed by atoms with Crippen LogP contribution in [0.15, 0.2) is 18.2 Å². The number of carbonyl (C=O) groups is 1. The third-order valence-electron chi connectivity index (χ3n) is 3.58. The van der Waals surface area contributed by atoms with Crippen molar-refractivity contribution in [3.8, 4) is 11.5 Å². The smallest absolute Gasteiger partial charge is 0.224 e. The summed E-state index contributed by atoms with van der Waals surface area (Å²) in [6.45, 7) is 2.10. The molecule has 1 aliphatic rings. The van der Waals surface area contributed by atoms with Gasteiger partial charge in [0.05, 0.1) is 14.2 Å². The first-order chi connectivity index (χ1) is 9.71. The SMILES string of the molecule is COc1cc(NC(=O)CCC2CCNC2)cc(OC)c1. The summed E-state index contributed by atoms with van der Waals surface area (Å²) < 4.78 is 10.4. The van der Waals surface area contributed by atoms with Crippen LogP contribution in [-0.4, -0.2) is 33.2 Å². The molecular weight excluding hydrogens is 256 g/mol. The van der Waals surface area contributed by atoms with E-state index in [2.05, 4.69) is 10.6 Å². The number of methoxy groups -OCH3 is 2. The van der Waals surface area contributed by atoms with Crippen molar-refractivity contribution in [3.63, 3.8) is 0 Å². The number of amides is 1. The number of anilines is 1. The second-order valence-corrected chi connectivity index (χ2v) is 5.05. The zero-order valence-corrected chi connectivity index (χ0v) is 12.1. The molecule has 0 spiro atoms. The highest BCUT2D eigenvalue weighted by molar-refractivity contribution is 5.91. The molecule has 1 fully saturated rings. The Kier molecular flexibility index (Phi) is 5.24. The minimum atomic E-state index is 0.0345. The molecule has 1 atom stereocenters. The monoisotopic (exact) mass is 278 g/mol. The number of nitrogens with one attached hydrogen (secondary N) is 2. The molecule has 0 saturated carbocycles. The van der Waals surface area contributed by atoms with Crippen molar-refractivity contribution in [2.75, 3.05) is 32.6 Å². The van der Waals surface area contributed by atoms with E-state index in [0.29, 0.717) is 29.5 Å². The van der Waals surface area contributed by atoms with Crippen molar-refractivity contribution in [2.45, 2.75) is 19.3 Å². The summed E-state index contributed by atoms with van der Waals surface area (Å²) in [6, 6.07) is 5.36. The summed E-state index contributed by atoms with van der Waals surface area (Å²) in [6.07, 6.45) is 2.64. The van der Waals surface area contributed by atoms with Crippen LogP contribution in [0.3, 0.4) is 0 Å². The van der Waals surface area contributed by atoms with E-state index < -0.39 is 0 Å². The Morgan fingerprint density at radius 3 is 2.55 bits per heavy atom. The van der Waals surface area contributed by atoms with E-state index in [-0.39, 0.29) is 5.91 Å². The van der Waals surface area contributed by atoms with E-state index in [1.807, 2.05) is 0 Å². The quantitative estimate of drug-likeness (QED) is 0.836. The molecule has 1 saturated heterocycles. The summed E-state index contributed by atoms with van der Waals surface area (Å²) in [4.78, 5) is 12.0. The standard InChI is InChI=1S/C15H22N2O3/c1-19-13-7-12(8-14(9-13)20-2)17-15(18)4-3-11-5-6-16-10-11/h7-9,11,16H,3-6,10H2,1-2H3,(H,17,18). The van der Waals surface area contributed by atoms with Gasteiger partial charge >= 0.3 is 0 Å². The maximum atomic E-state index is 12.0. The maximum Gasteiger partial charge on any atom is 0.224 e. The van der Waals surface area contributed by atoms with Crippen molar-refractivity contribution in [3.05, 3.63) is 18.2 Å². The van der Waals surface area contributed by atoms with Gasteiger partial charge in [0.2, 0.25) is 5.91 Å². The highest BCUT2D eigenvalue weighted by Gasteiger charge is 2.15. The second-order valence-electron chi connectivity index (χ2n) is 5.05. The van der Waals surface area contributed by atoms with Gasteiger partial charge in [-0.15, -0.1) is 0 Å². The van der Waals surface area contributed by atoms with Crippen LogP contribution in [0, 0.1) is 5.92 Å². The predicted octanol–water partition coefficient (Wildman–Crippen LogP) is 2.03. The van der Waals surface area contributed by atoms with E-state index in [1.54, 1.807) is 32.4 Å². The first kappa shape index (κ1) is 14.7. The Morgan fingerprint density at radius 1 is 1.30 bits per heavy atom. The Hall–Kier alpha value is -1.75. The van der Waals surface area contributed by atoms with Crippen LogP contribution in [0.4, 0.5) is 5.69 Å². The van der Waals surface area contributed by atoms with Crippen molar-refractivity contribution in [1.82, 2.24) is 5.32 Å². The first-order valence-electron chi connectivity index (χ1n) is 6.95. The lowest BCUT2D eigenvalue weighted by atomic mass is 10.0. The number of ether oxygens (including phenoxy) is 2. The molecule has 1 heterocycles. The molecule has 20 heavy (non-hydrogen) atoms. The Bertz CT molecular complexity index is 434. The molecule has 5 heteroatoms. The van der Waals surface area contributed by atoms with Gasteiger partial charge in [0.1, 0.15) is 11.5 Å². The van der Waals surface area contributed by atoms with Gasteiger partial charge in [-0.1, -0.05) is 0 Å². The average molecular weight is 278 g/mol. The van der Waals surface area contributed by atoms with Gasteiger partial charge in [0.15, 0.2) is 0 Å². The number of benzene rings is 1. The molecule has 1 aliphatic heterocycles. The Morgan fingerprint density at radius 2 is 2.00 bits per heavy atom. The fourth-order valence-electron chi connectivity index (χ4n) is 2.40. The van der Waals surface area contributed by atoms with Gasteiger partial charge < -0.3 is 20.1 Å². The summed E-state index contributed by atoms with van der Waals surface area (Å²) in [5.41, 5.74) is 0.704. The summed E-state index contributed by atoms with van der Waals surface area (Å²) in [5.74, 6) is 1.99. The highest BCUT2D eigenvalue weighted by atomic mass is 16.5.